The smallest absolute Gasteiger partial charge is 0.330 e. The molecule has 152 valence electrons. The first-order chi connectivity index (χ1) is 13.8. The van der Waals surface area contributed by atoms with Crippen LogP contribution in [0.1, 0.15) is 29.1 Å². The third-order valence-corrected chi connectivity index (χ3v) is 5.46. The van der Waals surface area contributed by atoms with E-state index in [1.807, 2.05) is 44.2 Å². The highest BCUT2D eigenvalue weighted by Crippen LogP contribution is 2.26. The van der Waals surface area contributed by atoms with E-state index in [1.165, 1.54) is 9.47 Å². The summed E-state index contributed by atoms with van der Waals surface area (Å²) in [5.74, 6) is -0.389. The fourth-order valence-electron chi connectivity index (χ4n) is 2.96. The molecule has 0 aliphatic carbocycles. The van der Waals surface area contributed by atoms with Gasteiger partial charge in [-0.05, 0) is 23.6 Å². The van der Waals surface area contributed by atoms with Gasteiger partial charge in [0.2, 0.25) is 0 Å². The minimum absolute atomic E-state index is 0.0382. The first-order valence-electron chi connectivity index (χ1n) is 9.01. The molecule has 1 aromatic carbocycles. The van der Waals surface area contributed by atoms with Crippen LogP contribution in [0, 0.1) is 5.92 Å². The summed E-state index contributed by atoms with van der Waals surface area (Å²) in [5.41, 5.74) is 5.73. The number of aromatic amines is 1. The number of nitrogens with one attached hydrogen (secondary N) is 1. The van der Waals surface area contributed by atoms with Gasteiger partial charge in [0, 0.05) is 6.54 Å². The molecule has 0 saturated heterocycles. The summed E-state index contributed by atoms with van der Waals surface area (Å²) in [6, 6.07) is 12.5. The molecular formula is C20H21ClN4O3S. The maximum absolute atomic E-state index is 13.1. The van der Waals surface area contributed by atoms with Crippen molar-refractivity contribution in [1.29, 1.82) is 0 Å². The number of benzene rings is 1. The van der Waals surface area contributed by atoms with E-state index >= 15 is 0 Å². The van der Waals surface area contributed by atoms with Gasteiger partial charge in [0.15, 0.2) is 5.69 Å². The summed E-state index contributed by atoms with van der Waals surface area (Å²) >= 11 is 7.09. The van der Waals surface area contributed by atoms with Gasteiger partial charge in [-0.3, -0.25) is 24.0 Å². The largest absolute Gasteiger partial charge is 0.383 e. The van der Waals surface area contributed by atoms with Crippen molar-refractivity contribution in [2.75, 3.05) is 17.2 Å². The van der Waals surface area contributed by atoms with Crippen molar-refractivity contribution in [3.05, 3.63) is 78.1 Å². The predicted octanol–water partition coefficient (Wildman–Crippen LogP) is 3.18. The molecule has 0 atom stereocenters. The number of nitrogens with two attached hydrogens (primary N) is 1. The Kier molecular flexibility index (Phi) is 6.24. The zero-order valence-electron chi connectivity index (χ0n) is 16.0. The highest BCUT2D eigenvalue weighted by Gasteiger charge is 2.27. The number of carbonyl (C=O) groups excluding carboxylic acids is 1. The summed E-state index contributed by atoms with van der Waals surface area (Å²) < 4.78 is 1.72. The second kappa shape index (κ2) is 8.67. The number of carbonyl (C=O) groups is 1. The number of thiophene rings is 1. The third kappa shape index (κ3) is 4.60. The van der Waals surface area contributed by atoms with Gasteiger partial charge in [-0.25, -0.2) is 4.79 Å². The molecule has 9 heteroatoms. The first-order valence-corrected chi connectivity index (χ1v) is 10.2. The number of rotatable bonds is 6. The summed E-state index contributed by atoms with van der Waals surface area (Å²) in [5, 5.41) is 0. The average molecular weight is 433 g/mol. The number of anilines is 2. The minimum Gasteiger partial charge on any atom is -0.383 e. The van der Waals surface area contributed by atoms with Gasteiger partial charge in [0.05, 0.1) is 15.8 Å². The van der Waals surface area contributed by atoms with Crippen LogP contribution in [0.2, 0.25) is 4.34 Å². The van der Waals surface area contributed by atoms with E-state index in [1.54, 1.807) is 12.1 Å². The SMILES string of the molecule is CC(C)CN(C(=O)c1ccc(Cl)s1)c1c(N)n(Cc2ccccc2)c(=O)[nH]c1=O. The fourth-order valence-corrected chi connectivity index (χ4v) is 3.96. The average Bonchev–Trinajstić information content (AvgIpc) is 3.10. The Hall–Kier alpha value is -2.84. The Bertz CT molecular complexity index is 1130. The Morgan fingerprint density at radius 1 is 1.21 bits per heavy atom. The molecule has 3 rings (SSSR count). The van der Waals surface area contributed by atoms with Crippen molar-refractivity contribution in [3.8, 4) is 0 Å². The monoisotopic (exact) mass is 432 g/mol. The van der Waals surface area contributed by atoms with E-state index in [0.29, 0.717) is 9.21 Å². The van der Waals surface area contributed by atoms with E-state index in [4.69, 9.17) is 17.3 Å². The second-order valence-electron chi connectivity index (χ2n) is 6.98. The van der Waals surface area contributed by atoms with Crippen LogP contribution in [0.15, 0.2) is 52.1 Å². The standard InChI is InChI=1S/C20H21ClN4O3S/c1-12(2)10-24(19(27)14-8-9-15(21)29-14)16-17(22)25(20(28)23-18(16)26)11-13-6-4-3-5-7-13/h3-9,12H,10-11,22H2,1-2H3,(H,23,26,28). The van der Waals surface area contributed by atoms with Crippen molar-refractivity contribution in [2.24, 2.45) is 5.92 Å². The minimum atomic E-state index is -0.700. The van der Waals surface area contributed by atoms with E-state index < -0.39 is 17.2 Å². The molecule has 0 fully saturated rings. The number of halogens is 1. The lowest BCUT2D eigenvalue weighted by Crippen LogP contribution is -2.42. The number of hydrogen-bond donors (Lipinski definition) is 2. The van der Waals surface area contributed by atoms with Gasteiger partial charge in [-0.2, -0.15) is 0 Å². The van der Waals surface area contributed by atoms with Crippen LogP contribution in [0.3, 0.4) is 0 Å². The molecule has 0 bridgehead atoms. The molecule has 0 aliphatic rings. The Morgan fingerprint density at radius 2 is 1.90 bits per heavy atom. The lowest BCUT2D eigenvalue weighted by atomic mass is 10.2. The van der Waals surface area contributed by atoms with Crippen LogP contribution < -0.4 is 21.9 Å². The molecule has 3 aromatic rings. The number of amides is 1. The Labute approximate surface area is 176 Å². The van der Waals surface area contributed by atoms with Crippen LogP contribution in [-0.2, 0) is 6.54 Å². The highest BCUT2D eigenvalue weighted by molar-refractivity contribution is 7.18. The van der Waals surface area contributed by atoms with Gasteiger partial charge in [0.25, 0.3) is 11.5 Å². The van der Waals surface area contributed by atoms with Gasteiger partial charge in [0.1, 0.15) is 5.82 Å². The molecule has 2 heterocycles. The second-order valence-corrected chi connectivity index (χ2v) is 8.69. The topological polar surface area (TPSA) is 101 Å². The normalized spacial score (nSPS) is 11.0. The zero-order valence-corrected chi connectivity index (χ0v) is 17.6. The van der Waals surface area contributed by atoms with E-state index in [-0.39, 0.29) is 30.5 Å². The van der Waals surface area contributed by atoms with Crippen LogP contribution in [-0.4, -0.2) is 22.0 Å². The Morgan fingerprint density at radius 3 is 2.48 bits per heavy atom. The molecule has 3 N–H and O–H groups in total. The van der Waals surface area contributed by atoms with Crippen molar-refractivity contribution >= 4 is 40.4 Å². The molecule has 2 aromatic heterocycles. The zero-order chi connectivity index (χ0) is 21.1. The van der Waals surface area contributed by atoms with Crippen LogP contribution in [0.5, 0.6) is 0 Å². The first kappa shape index (κ1) is 20.9. The number of hydrogen-bond acceptors (Lipinski definition) is 5. The summed E-state index contributed by atoms with van der Waals surface area (Å²) in [4.78, 5) is 42.2. The molecule has 7 nitrogen and oxygen atoms in total. The molecule has 0 aliphatic heterocycles. The molecule has 0 spiro atoms. The van der Waals surface area contributed by atoms with Gasteiger partial charge >= 0.3 is 5.69 Å². The van der Waals surface area contributed by atoms with E-state index in [0.717, 1.165) is 16.9 Å². The lowest BCUT2D eigenvalue weighted by Gasteiger charge is -2.25. The van der Waals surface area contributed by atoms with Crippen LogP contribution in [0.4, 0.5) is 11.5 Å². The molecule has 1 amide bonds. The Balaban J connectivity index is 2.12. The molecule has 0 unspecified atom stereocenters. The predicted molar refractivity (Wildman–Crippen MR) is 117 cm³/mol. The number of aromatic nitrogens is 2. The van der Waals surface area contributed by atoms with Gasteiger partial charge in [-0.1, -0.05) is 55.8 Å². The molecule has 0 radical (unpaired) electrons. The van der Waals surface area contributed by atoms with Crippen molar-refractivity contribution < 1.29 is 4.79 Å². The molecular weight excluding hydrogens is 412 g/mol. The van der Waals surface area contributed by atoms with Crippen LogP contribution >= 0.6 is 22.9 Å². The molecule has 29 heavy (non-hydrogen) atoms. The summed E-state index contributed by atoms with van der Waals surface area (Å²) in [7, 11) is 0. The van der Waals surface area contributed by atoms with E-state index in [2.05, 4.69) is 4.98 Å². The number of H-pyrrole nitrogens is 1. The quantitative estimate of drug-likeness (QED) is 0.624. The summed E-state index contributed by atoms with van der Waals surface area (Å²) in [6.45, 7) is 4.27. The lowest BCUT2D eigenvalue weighted by molar-refractivity contribution is 0.0987. The maximum Gasteiger partial charge on any atom is 0.330 e. The maximum atomic E-state index is 13.1. The van der Waals surface area contributed by atoms with Crippen molar-refractivity contribution in [2.45, 2.75) is 20.4 Å². The van der Waals surface area contributed by atoms with Gasteiger partial charge in [-0.15, -0.1) is 11.3 Å². The fraction of sp³-hybridized carbons (Fsp3) is 0.250. The highest BCUT2D eigenvalue weighted by atomic mass is 35.5. The number of nitrogens with zero attached hydrogens (tertiary/aromatic N) is 2. The third-order valence-electron chi connectivity index (χ3n) is 4.24. The number of nitrogen functional groups attached to an aromatic ring is 1. The van der Waals surface area contributed by atoms with Crippen molar-refractivity contribution in [3.63, 3.8) is 0 Å². The molecule has 0 saturated carbocycles. The van der Waals surface area contributed by atoms with Crippen LogP contribution in [0.25, 0.3) is 0 Å². The van der Waals surface area contributed by atoms with Crippen molar-refractivity contribution in [1.82, 2.24) is 9.55 Å². The summed E-state index contributed by atoms with van der Waals surface area (Å²) in [6.07, 6.45) is 0. The van der Waals surface area contributed by atoms with Gasteiger partial charge < -0.3 is 5.73 Å². The van der Waals surface area contributed by atoms with E-state index in [9.17, 15) is 14.4 Å².